The Bertz CT molecular complexity index is 373. The van der Waals surface area contributed by atoms with E-state index >= 15 is 0 Å². The van der Waals surface area contributed by atoms with Crippen LogP contribution in [0.15, 0.2) is 18.3 Å². The van der Waals surface area contributed by atoms with Crippen LogP contribution >= 0.6 is 0 Å². The van der Waals surface area contributed by atoms with Gasteiger partial charge in [0.2, 0.25) is 0 Å². The van der Waals surface area contributed by atoms with Crippen LogP contribution < -0.4 is 0 Å². The van der Waals surface area contributed by atoms with Crippen molar-refractivity contribution in [1.82, 2.24) is 9.88 Å². The number of aromatic nitrogens is 1. The van der Waals surface area contributed by atoms with Gasteiger partial charge in [-0.2, -0.15) is 0 Å². The molecule has 0 saturated carbocycles. The largest absolute Gasteiger partial charge is 0.376 e. The second-order valence-corrected chi connectivity index (χ2v) is 5.30. The molecule has 1 aliphatic rings. The third-order valence-electron chi connectivity index (χ3n) is 3.31. The smallest absolute Gasteiger partial charge is 0.270 e. The van der Waals surface area contributed by atoms with Crippen molar-refractivity contribution >= 4 is 5.91 Å². The molecule has 1 aromatic rings. The van der Waals surface area contributed by atoms with Gasteiger partial charge in [-0.3, -0.25) is 4.79 Å². The molecule has 18 heavy (non-hydrogen) atoms. The number of carbonyl (C=O) groups is 1. The molecule has 0 radical (unpaired) electrons. The molecule has 0 aliphatic carbocycles. The molecular weight excluding hydrogens is 228 g/mol. The minimum absolute atomic E-state index is 0.0787. The van der Waals surface area contributed by atoms with Crippen molar-refractivity contribution in [1.29, 1.82) is 0 Å². The number of nitrogens with one attached hydrogen (secondary N) is 1. The zero-order valence-electron chi connectivity index (χ0n) is 11.2. The summed E-state index contributed by atoms with van der Waals surface area (Å²) in [6.07, 6.45) is 4.02. The Morgan fingerprint density at radius 2 is 2.44 bits per heavy atom. The highest BCUT2D eigenvalue weighted by atomic mass is 16.5. The summed E-state index contributed by atoms with van der Waals surface area (Å²) in [4.78, 5) is 16.9. The summed E-state index contributed by atoms with van der Waals surface area (Å²) in [5.74, 6) is 0.748. The Balaban J connectivity index is 1.76. The fourth-order valence-electron chi connectivity index (χ4n) is 2.15. The second-order valence-electron chi connectivity index (χ2n) is 5.30. The van der Waals surface area contributed by atoms with Crippen LogP contribution in [-0.4, -0.2) is 41.6 Å². The molecule has 1 N–H and O–H groups in total. The van der Waals surface area contributed by atoms with Crippen LogP contribution in [-0.2, 0) is 4.74 Å². The molecule has 1 saturated heterocycles. The number of nitrogens with zero attached hydrogens (tertiary/aromatic N) is 1. The third kappa shape index (κ3) is 3.35. The predicted molar refractivity (Wildman–Crippen MR) is 70.5 cm³/mol. The van der Waals surface area contributed by atoms with Gasteiger partial charge in [0.25, 0.3) is 5.91 Å². The molecule has 1 aliphatic heterocycles. The molecule has 100 valence electrons. The Kier molecular flexibility index (Phi) is 4.42. The average molecular weight is 250 g/mol. The van der Waals surface area contributed by atoms with E-state index in [-0.39, 0.29) is 12.0 Å². The maximum absolute atomic E-state index is 12.1. The molecule has 0 aromatic carbocycles. The molecule has 4 nitrogen and oxygen atoms in total. The zero-order chi connectivity index (χ0) is 13.0. The van der Waals surface area contributed by atoms with Crippen LogP contribution in [0.2, 0.25) is 0 Å². The summed E-state index contributed by atoms with van der Waals surface area (Å²) in [6.45, 7) is 6.70. The van der Waals surface area contributed by atoms with Crippen LogP contribution in [0.25, 0.3) is 0 Å². The number of hydrogen-bond acceptors (Lipinski definition) is 2. The van der Waals surface area contributed by atoms with Gasteiger partial charge in [-0.15, -0.1) is 0 Å². The summed E-state index contributed by atoms with van der Waals surface area (Å²) in [7, 11) is 0. The van der Waals surface area contributed by atoms with Crippen molar-refractivity contribution in [2.75, 3.05) is 19.7 Å². The van der Waals surface area contributed by atoms with Crippen LogP contribution in [0.4, 0.5) is 0 Å². The number of H-pyrrole nitrogens is 1. The molecular formula is C14H22N2O2. The number of amides is 1. The number of carbonyl (C=O) groups excluding carboxylic acids is 1. The van der Waals surface area contributed by atoms with E-state index < -0.39 is 0 Å². The molecule has 1 atom stereocenters. The van der Waals surface area contributed by atoms with Gasteiger partial charge in [-0.25, -0.2) is 0 Å². The standard InChI is InChI=1S/C14H22N2O2/c1-11(2)6-9-18-12-5-8-16(10-12)14(17)13-4-3-7-15-13/h3-4,7,11-12,15H,5-6,8-10H2,1-2H3. The van der Waals surface area contributed by atoms with Crippen LogP contribution in [0.5, 0.6) is 0 Å². The Morgan fingerprint density at radius 3 is 3.11 bits per heavy atom. The lowest BCUT2D eigenvalue weighted by molar-refractivity contribution is 0.0483. The van der Waals surface area contributed by atoms with Crippen molar-refractivity contribution in [3.05, 3.63) is 24.0 Å². The zero-order valence-corrected chi connectivity index (χ0v) is 11.2. The van der Waals surface area contributed by atoms with Crippen molar-refractivity contribution < 1.29 is 9.53 Å². The second kappa shape index (κ2) is 6.05. The maximum Gasteiger partial charge on any atom is 0.270 e. The first kappa shape index (κ1) is 13.1. The average Bonchev–Trinajstić information content (AvgIpc) is 2.99. The molecule has 0 bridgehead atoms. The molecule has 1 fully saturated rings. The molecule has 1 aromatic heterocycles. The molecule has 1 unspecified atom stereocenters. The van der Waals surface area contributed by atoms with E-state index in [1.165, 1.54) is 0 Å². The Labute approximate surface area is 108 Å². The van der Waals surface area contributed by atoms with Crippen LogP contribution in [0.3, 0.4) is 0 Å². The van der Waals surface area contributed by atoms with Crippen molar-refractivity contribution in [3.63, 3.8) is 0 Å². The van der Waals surface area contributed by atoms with E-state index in [1.807, 2.05) is 17.0 Å². The maximum atomic E-state index is 12.1. The van der Waals surface area contributed by atoms with E-state index in [0.717, 1.165) is 32.5 Å². The number of rotatable bonds is 5. The van der Waals surface area contributed by atoms with Crippen molar-refractivity contribution in [3.8, 4) is 0 Å². The minimum atomic E-state index is 0.0787. The number of likely N-dealkylation sites (tertiary alicyclic amines) is 1. The monoisotopic (exact) mass is 250 g/mol. The lowest BCUT2D eigenvalue weighted by Gasteiger charge is -2.16. The predicted octanol–water partition coefficient (Wildman–Crippen LogP) is 2.29. The molecule has 2 heterocycles. The van der Waals surface area contributed by atoms with Crippen LogP contribution in [0, 0.1) is 5.92 Å². The summed E-state index contributed by atoms with van der Waals surface area (Å²) in [5.41, 5.74) is 0.665. The first-order chi connectivity index (χ1) is 8.66. The van der Waals surface area contributed by atoms with Gasteiger partial charge in [-0.1, -0.05) is 13.8 Å². The molecule has 4 heteroatoms. The summed E-state index contributed by atoms with van der Waals surface area (Å²) in [6, 6.07) is 3.66. The Hall–Kier alpha value is -1.29. The minimum Gasteiger partial charge on any atom is -0.376 e. The quantitative estimate of drug-likeness (QED) is 0.871. The van der Waals surface area contributed by atoms with Gasteiger partial charge in [0.15, 0.2) is 0 Å². The van der Waals surface area contributed by atoms with Crippen molar-refractivity contribution in [2.24, 2.45) is 5.92 Å². The van der Waals surface area contributed by atoms with E-state index in [9.17, 15) is 4.79 Å². The highest BCUT2D eigenvalue weighted by Crippen LogP contribution is 2.16. The SMILES string of the molecule is CC(C)CCOC1CCN(C(=O)c2ccc[nH]2)C1. The molecule has 0 spiro atoms. The van der Waals surface area contributed by atoms with E-state index in [2.05, 4.69) is 18.8 Å². The van der Waals surface area contributed by atoms with E-state index in [4.69, 9.17) is 4.74 Å². The summed E-state index contributed by atoms with van der Waals surface area (Å²) < 4.78 is 5.81. The van der Waals surface area contributed by atoms with Gasteiger partial charge in [-0.05, 0) is 30.9 Å². The highest BCUT2D eigenvalue weighted by Gasteiger charge is 2.27. The van der Waals surface area contributed by atoms with Gasteiger partial charge < -0.3 is 14.6 Å². The lowest BCUT2D eigenvalue weighted by atomic mass is 10.1. The van der Waals surface area contributed by atoms with Gasteiger partial charge >= 0.3 is 0 Å². The number of ether oxygens (including phenoxy) is 1. The normalized spacial score (nSPS) is 19.7. The Morgan fingerprint density at radius 1 is 1.61 bits per heavy atom. The third-order valence-corrected chi connectivity index (χ3v) is 3.31. The van der Waals surface area contributed by atoms with Crippen molar-refractivity contribution in [2.45, 2.75) is 32.8 Å². The fourth-order valence-corrected chi connectivity index (χ4v) is 2.15. The fraction of sp³-hybridized carbons (Fsp3) is 0.643. The summed E-state index contributed by atoms with van der Waals surface area (Å²) in [5, 5.41) is 0. The topological polar surface area (TPSA) is 45.3 Å². The van der Waals surface area contributed by atoms with E-state index in [1.54, 1.807) is 6.20 Å². The van der Waals surface area contributed by atoms with Gasteiger partial charge in [0.1, 0.15) is 5.69 Å². The number of aromatic amines is 1. The van der Waals surface area contributed by atoms with Gasteiger partial charge in [0.05, 0.1) is 6.10 Å². The van der Waals surface area contributed by atoms with Gasteiger partial charge in [0, 0.05) is 25.9 Å². The molecule has 1 amide bonds. The van der Waals surface area contributed by atoms with E-state index in [0.29, 0.717) is 11.6 Å². The molecule has 2 rings (SSSR count). The highest BCUT2D eigenvalue weighted by molar-refractivity contribution is 5.92. The summed E-state index contributed by atoms with van der Waals surface area (Å²) >= 11 is 0. The first-order valence-corrected chi connectivity index (χ1v) is 6.71. The lowest BCUT2D eigenvalue weighted by Crippen LogP contribution is -2.30. The first-order valence-electron chi connectivity index (χ1n) is 6.71. The number of hydrogen-bond donors (Lipinski definition) is 1. The van der Waals surface area contributed by atoms with Crippen LogP contribution in [0.1, 0.15) is 37.2 Å².